The van der Waals surface area contributed by atoms with E-state index in [0.717, 1.165) is 5.56 Å². The molecular weight excluding hydrogens is 634 g/mol. The summed E-state index contributed by atoms with van der Waals surface area (Å²) in [5, 5.41) is 24.0. The van der Waals surface area contributed by atoms with E-state index >= 15 is 0 Å². The maximum absolute atomic E-state index is 14.0. The molecule has 2 aliphatic heterocycles. The van der Waals surface area contributed by atoms with E-state index < -0.39 is 71.4 Å². The number of nitrogens with zero attached hydrogens (tertiary/aromatic N) is 1. The van der Waals surface area contributed by atoms with Crippen LogP contribution in [-0.4, -0.2) is 99.8 Å². The van der Waals surface area contributed by atoms with E-state index in [2.05, 4.69) is 31.6 Å². The summed E-state index contributed by atoms with van der Waals surface area (Å²) < 4.78 is 0. The van der Waals surface area contributed by atoms with Gasteiger partial charge >= 0.3 is 0 Å². The van der Waals surface area contributed by atoms with Crippen molar-refractivity contribution < 1.29 is 33.9 Å². The van der Waals surface area contributed by atoms with Crippen LogP contribution in [0.5, 0.6) is 0 Å². The molecule has 6 amide bonds. The van der Waals surface area contributed by atoms with Crippen LogP contribution >= 0.6 is 0 Å². The number of H-pyrrole nitrogens is 1. The molecule has 2 aliphatic rings. The number of pyridine rings is 1. The lowest BCUT2D eigenvalue weighted by Crippen LogP contribution is -2.61. The fraction of sp³-hybridized carbons (Fsp3) is 0.500. The summed E-state index contributed by atoms with van der Waals surface area (Å²) in [6.07, 6.45) is 2.10. The van der Waals surface area contributed by atoms with Crippen molar-refractivity contribution in [2.24, 2.45) is 0 Å². The Morgan fingerprint density at radius 2 is 1.61 bits per heavy atom. The van der Waals surface area contributed by atoms with Crippen molar-refractivity contribution in [1.82, 2.24) is 36.5 Å². The van der Waals surface area contributed by atoms with Crippen LogP contribution in [0.3, 0.4) is 0 Å². The first kappa shape index (κ1) is 36.8. The van der Waals surface area contributed by atoms with Crippen molar-refractivity contribution in [3.05, 3.63) is 70.1 Å². The summed E-state index contributed by atoms with van der Waals surface area (Å²) in [4.78, 5) is 96.1. The van der Waals surface area contributed by atoms with Crippen molar-refractivity contribution in [1.29, 1.82) is 0 Å². The number of benzene rings is 1. The van der Waals surface area contributed by atoms with E-state index in [0.29, 0.717) is 32.2 Å². The zero-order valence-electron chi connectivity index (χ0n) is 27.7. The number of aliphatic hydroxyl groups excluding tert-OH is 1. The lowest BCUT2D eigenvalue weighted by atomic mass is 10.0. The normalized spacial score (nSPS) is 25.3. The standard InChI is InChI=1S/C34H45N7O8/c1-3-23-30(45)40-28(20(2)42)33(48)39-25(18-21-10-5-4-6-11-21)34(49)41-17-9-13-26(41)32(47)35-16-8-7-12-24(31(46)37-23)38-29(44)22-14-15-27(43)36-19-22/h4-6,10-11,14-15,19-20,23-26,28,42H,3,7-9,12-13,16-18H2,1-2H3,(H,35,47)(H,36,43)(H,37,46)(H,38,44)(H,39,48)(H,40,45)/t20-,23+,24+,25-,26+,28+/m1/s1. The Morgan fingerprint density at radius 1 is 0.878 bits per heavy atom. The van der Waals surface area contributed by atoms with Gasteiger partial charge in [0, 0.05) is 31.8 Å². The zero-order chi connectivity index (χ0) is 35.5. The molecule has 6 atom stereocenters. The number of amides is 6. The highest BCUT2D eigenvalue weighted by atomic mass is 16.3. The van der Waals surface area contributed by atoms with Crippen LogP contribution in [-0.2, 0) is 30.4 Å². The Hall–Kier alpha value is -5.05. The van der Waals surface area contributed by atoms with Gasteiger partial charge in [-0.3, -0.25) is 33.6 Å². The van der Waals surface area contributed by atoms with Gasteiger partial charge in [0.05, 0.1) is 11.7 Å². The van der Waals surface area contributed by atoms with Crippen LogP contribution in [0.2, 0.25) is 0 Å². The molecule has 264 valence electrons. The van der Waals surface area contributed by atoms with Gasteiger partial charge in [0.2, 0.25) is 35.1 Å². The number of nitrogens with one attached hydrogen (secondary N) is 6. The third-order valence-electron chi connectivity index (χ3n) is 8.73. The van der Waals surface area contributed by atoms with Gasteiger partial charge < -0.3 is 41.6 Å². The fourth-order valence-corrected chi connectivity index (χ4v) is 5.96. The minimum absolute atomic E-state index is 0.108. The topological polar surface area (TPSA) is 219 Å². The Labute approximate surface area is 284 Å². The van der Waals surface area contributed by atoms with E-state index in [-0.39, 0.29) is 37.3 Å². The monoisotopic (exact) mass is 679 g/mol. The van der Waals surface area contributed by atoms with Gasteiger partial charge in [-0.25, -0.2) is 0 Å². The molecule has 15 heteroatoms. The third-order valence-corrected chi connectivity index (χ3v) is 8.73. The van der Waals surface area contributed by atoms with E-state index in [1.54, 1.807) is 31.2 Å². The number of aromatic amines is 1. The van der Waals surface area contributed by atoms with Crippen LogP contribution in [0.4, 0.5) is 0 Å². The van der Waals surface area contributed by atoms with Gasteiger partial charge in [0.25, 0.3) is 5.91 Å². The third kappa shape index (κ3) is 9.98. The van der Waals surface area contributed by atoms with Gasteiger partial charge in [0.15, 0.2) is 0 Å². The number of aliphatic hydroxyl groups is 1. The molecule has 0 bridgehead atoms. The number of hydrogen-bond acceptors (Lipinski definition) is 8. The summed E-state index contributed by atoms with van der Waals surface area (Å²) in [6.45, 7) is 3.53. The highest BCUT2D eigenvalue weighted by Crippen LogP contribution is 2.20. The minimum atomic E-state index is -1.49. The highest BCUT2D eigenvalue weighted by molar-refractivity contribution is 5.99. The highest BCUT2D eigenvalue weighted by Gasteiger charge is 2.39. The van der Waals surface area contributed by atoms with E-state index in [4.69, 9.17) is 0 Å². The number of aromatic nitrogens is 1. The van der Waals surface area contributed by atoms with Crippen molar-refractivity contribution in [3.63, 3.8) is 0 Å². The summed E-state index contributed by atoms with van der Waals surface area (Å²) in [5.41, 5.74) is 0.473. The predicted octanol–water partition coefficient (Wildman–Crippen LogP) is -0.748. The second-order valence-electron chi connectivity index (χ2n) is 12.4. The summed E-state index contributed by atoms with van der Waals surface area (Å²) in [6, 6.07) is 5.97. The summed E-state index contributed by atoms with van der Waals surface area (Å²) in [5.74, 6) is -3.64. The Kier molecular flexibility index (Phi) is 13.0. The zero-order valence-corrected chi connectivity index (χ0v) is 27.7. The molecule has 1 aromatic carbocycles. The molecule has 0 unspecified atom stereocenters. The molecule has 0 radical (unpaired) electrons. The smallest absolute Gasteiger partial charge is 0.253 e. The summed E-state index contributed by atoms with van der Waals surface area (Å²) in [7, 11) is 0. The molecule has 0 saturated carbocycles. The second kappa shape index (κ2) is 17.4. The van der Waals surface area contributed by atoms with Crippen LogP contribution in [0, 0.1) is 0 Å². The van der Waals surface area contributed by atoms with Crippen molar-refractivity contribution in [2.45, 2.75) is 95.1 Å². The van der Waals surface area contributed by atoms with Gasteiger partial charge in [-0.05, 0) is 57.1 Å². The number of carbonyl (C=O) groups is 6. The summed E-state index contributed by atoms with van der Waals surface area (Å²) >= 11 is 0. The van der Waals surface area contributed by atoms with E-state index in [1.807, 2.05) is 6.07 Å². The molecule has 49 heavy (non-hydrogen) atoms. The van der Waals surface area contributed by atoms with Crippen LogP contribution in [0.1, 0.15) is 68.3 Å². The maximum atomic E-state index is 14.0. The average Bonchev–Trinajstić information content (AvgIpc) is 3.58. The van der Waals surface area contributed by atoms with Gasteiger partial charge in [-0.15, -0.1) is 0 Å². The number of carbonyl (C=O) groups excluding carboxylic acids is 6. The number of fused-ring (bicyclic) bond motifs is 1. The quantitative estimate of drug-likeness (QED) is 0.206. The van der Waals surface area contributed by atoms with Crippen molar-refractivity contribution >= 4 is 35.4 Å². The first-order chi connectivity index (χ1) is 23.5. The first-order valence-corrected chi connectivity index (χ1v) is 16.7. The molecular formula is C34H45N7O8. The lowest BCUT2D eigenvalue weighted by Gasteiger charge is -2.30. The second-order valence-corrected chi connectivity index (χ2v) is 12.4. The number of hydrogen-bond donors (Lipinski definition) is 7. The maximum Gasteiger partial charge on any atom is 0.253 e. The molecule has 0 aliphatic carbocycles. The predicted molar refractivity (Wildman–Crippen MR) is 178 cm³/mol. The van der Waals surface area contributed by atoms with Gasteiger partial charge in [-0.2, -0.15) is 0 Å². The average molecular weight is 680 g/mol. The molecule has 3 heterocycles. The molecule has 2 aromatic rings. The molecule has 7 N–H and O–H groups in total. The molecule has 2 fully saturated rings. The molecule has 15 nitrogen and oxygen atoms in total. The lowest BCUT2D eigenvalue weighted by molar-refractivity contribution is -0.142. The molecule has 0 spiro atoms. The van der Waals surface area contributed by atoms with Crippen LogP contribution in [0.15, 0.2) is 53.5 Å². The van der Waals surface area contributed by atoms with E-state index in [1.165, 1.54) is 30.2 Å². The van der Waals surface area contributed by atoms with Crippen molar-refractivity contribution in [3.8, 4) is 0 Å². The van der Waals surface area contributed by atoms with Crippen LogP contribution in [0.25, 0.3) is 0 Å². The molecule has 2 saturated heterocycles. The van der Waals surface area contributed by atoms with E-state index in [9.17, 15) is 38.7 Å². The fourth-order valence-electron chi connectivity index (χ4n) is 5.96. The SMILES string of the molecule is CC[C@@H]1NC(=O)[C@@H](NC(=O)c2ccc(=O)[nH]c2)CCCCNC(=O)[C@@H]2CCCN2C(=O)[C@@H](Cc2ccccc2)NC(=O)[C@H]([C@@H](C)O)NC1=O. The molecule has 1 aromatic heterocycles. The first-order valence-electron chi connectivity index (χ1n) is 16.7. The largest absolute Gasteiger partial charge is 0.391 e. The minimum Gasteiger partial charge on any atom is -0.391 e. The Balaban J connectivity index is 1.61. The van der Waals surface area contributed by atoms with Crippen molar-refractivity contribution in [2.75, 3.05) is 13.1 Å². The Morgan fingerprint density at radius 3 is 2.29 bits per heavy atom. The Bertz CT molecular complexity index is 1540. The number of rotatable bonds is 6. The van der Waals surface area contributed by atoms with Gasteiger partial charge in [-0.1, -0.05) is 37.3 Å². The van der Waals surface area contributed by atoms with Gasteiger partial charge in [0.1, 0.15) is 30.2 Å². The molecule has 4 rings (SSSR count). The van der Waals surface area contributed by atoms with Crippen LogP contribution < -0.4 is 32.1 Å².